The molecule has 0 radical (unpaired) electrons. The van der Waals surface area contributed by atoms with Crippen molar-refractivity contribution in [1.29, 1.82) is 0 Å². The highest BCUT2D eigenvalue weighted by Crippen LogP contribution is 2.25. The summed E-state index contributed by atoms with van der Waals surface area (Å²) in [7, 11) is 0. The van der Waals surface area contributed by atoms with Crippen molar-refractivity contribution >= 4 is 11.7 Å². The van der Waals surface area contributed by atoms with E-state index in [1.54, 1.807) is 12.3 Å². The van der Waals surface area contributed by atoms with E-state index >= 15 is 0 Å². The Morgan fingerprint density at radius 2 is 1.83 bits per heavy atom. The molecule has 0 aliphatic rings. The van der Waals surface area contributed by atoms with E-state index in [1.807, 2.05) is 48.8 Å². The van der Waals surface area contributed by atoms with Gasteiger partial charge in [0, 0.05) is 18.6 Å². The molecule has 4 heteroatoms. The van der Waals surface area contributed by atoms with Crippen LogP contribution >= 0.6 is 0 Å². The first kappa shape index (κ1) is 15.0. The summed E-state index contributed by atoms with van der Waals surface area (Å²) in [4.78, 5) is 16.6. The number of rotatable bonds is 5. The summed E-state index contributed by atoms with van der Waals surface area (Å²) in [6.07, 6.45) is 6.01. The SMILES string of the molecule is Cc1ccccc1[C@@H](CC(=O)Nc1ccccn1)n1cccc1. The molecule has 3 aromatic rings. The molecule has 0 unspecified atom stereocenters. The summed E-state index contributed by atoms with van der Waals surface area (Å²) in [6, 6.07) is 17.6. The van der Waals surface area contributed by atoms with Crippen molar-refractivity contribution in [2.24, 2.45) is 0 Å². The molecular formula is C19H19N3O. The molecule has 1 N–H and O–H groups in total. The molecule has 3 rings (SSSR count). The standard InChI is InChI=1S/C19H19N3O/c1-15-8-2-3-9-16(15)17(22-12-6-7-13-22)14-19(23)21-18-10-4-5-11-20-18/h2-13,17H,14H2,1H3,(H,20,21,23)/t17-/m1/s1. The molecule has 1 aromatic carbocycles. The molecule has 4 nitrogen and oxygen atoms in total. The molecule has 0 bridgehead atoms. The minimum absolute atomic E-state index is 0.0325. The van der Waals surface area contributed by atoms with Gasteiger partial charge in [-0.05, 0) is 42.3 Å². The lowest BCUT2D eigenvalue weighted by molar-refractivity contribution is -0.116. The predicted molar refractivity (Wildman–Crippen MR) is 91.2 cm³/mol. The molecular weight excluding hydrogens is 286 g/mol. The number of carbonyl (C=O) groups excluding carboxylic acids is 1. The van der Waals surface area contributed by atoms with Gasteiger partial charge in [0.25, 0.3) is 0 Å². The summed E-state index contributed by atoms with van der Waals surface area (Å²) in [5.41, 5.74) is 2.33. The highest BCUT2D eigenvalue weighted by atomic mass is 16.1. The van der Waals surface area contributed by atoms with Crippen LogP contribution in [0.25, 0.3) is 0 Å². The Morgan fingerprint density at radius 3 is 2.52 bits per heavy atom. The van der Waals surface area contributed by atoms with Crippen molar-refractivity contribution in [3.63, 3.8) is 0 Å². The largest absolute Gasteiger partial charge is 0.346 e. The Morgan fingerprint density at radius 1 is 1.09 bits per heavy atom. The monoisotopic (exact) mass is 305 g/mol. The Balaban J connectivity index is 1.82. The zero-order valence-electron chi connectivity index (χ0n) is 13.0. The summed E-state index contributed by atoms with van der Waals surface area (Å²) in [5, 5.41) is 2.86. The average molecular weight is 305 g/mol. The first-order valence-corrected chi connectivity index (χ1v) is 7.63. The van der Waals surface area contributed by atoms with Crippen LogP contribution in [0.1, 0.15) is 23.6 Å². The topological polar surface area (TPSA) is 46.9 Å². The number of amides is 1. The smallest absolute Gasteiger partial charge is 0.227 e. The molecule has 116 valence electrons. The van der Waals surface area contributed by atoms with Gasteiger partial charge in [-0.2, -0.15) is 0 Å². The summed E-state index contributed by atoms with van der Waals surface area (Å²) in [5.74, 6) is 0.527. The lowest BCUT2D eigenvalue weighted by Crippen LogP contribution is -2.20. The number of hydrogen-bond donors (Lipinski definition) is 1. The zero-order valence-corrected chi connectivity index (χ0v) is 13.0. The van der Waals surface area contributed by atoms with Crippen molar-refractivity contribution < 1.29 is 4.79 Å². The Kier molecular flexibility index (Phi) is 4.52. The second-order valence-corrected chi connectivity index (χ2v) is 5.47. The third-order valence-corrected chi connectivity index (χ3v) is 3.85. The van der Waals surface area contributed by atoms with Gasteiger partial charge in [-0.3, -0.25) is 4.79 Å². The third kappa shape index (κ3) is 3.66. The molecule has 2 aromatic heterocycles. The van der Waals surface area contributed by atoms with E-state index in [-0.39, 0.29) is 11.9 Å². The zero-order chi connectivity index (χ0) is 16.1. The van der Waals surface area contributed by atoms with Crippen LogP contribution < -0.4 is 5.32 Å². The molecule has 0 aliphatic carbocycles. The van der Waals surface area contributed by atoms with Crippen molar-refractivity contribution in [2.45, 2.75) is 19.4 Å². The highest BCUT2D eigenvalue weighted by molar-refractivity contribution is 5.90. The van der Waals surface area contributed by atoms with Gasteiger partial charge >= 0.3 is 0 Å². The number of anilines is 1. The maximum absolute atomic E-state index is 12.4. The van der Waals surface area contributed by atoms with Crippen LogP contribution in [-0.4, -0.2) is 15.5 Å². The fraction of sp³-hybridized carbons (Fsp3) is 0.158. The maximum Gasteiger partial charge on any atom is 0.227 e. The minimum Gasteiger partial charge on any atom is -0.346 e. The summed E-state index contributed by atoms with van der Waals surface area (Å²) in [6.45, 7) is 2.07. The lowest BCUT2D eigenvalue weighted by atomic mass is 9.98. The van der Waals surface area contributed by atoms with Gasteiger partial charge in [-0.1, -0.05) is 30.3 Å². The van der Waals surface area contributed by atoms with E-state index in [1.165, 1.54) is 5.56 Å². The van der Waals surface area contributed by atoms with Crippen LogP contribution in [0.4, 0.5) is 5.82 Å². The van der Waals surface area contributed by atoms with E-state index in [9.17, 15) is 4.79 Å². The van der Waals surface area contributed by atoms with E-state index in [2.05, 4.69) is 33.9 Å². The minimum atomic E-state index is -0.0503. The van der Waals surface area contributed by atoms with Gasteiger partial charge in [-0.25, -0.2) is 4.98 Å². The number of pyridine rings is 1. The maximum atomic E-state index is 12.4. The second-order valence-electron chi connectivity index (χ2n) is 5.47. The fourth-order valence-corrected chi connectivity index (χ4v) is 2.70. The van der Waals surface area contributed by atoms with Crippen LogP contribution in [0.5, 0.6) is 0 Å². The van der Waals surface area contributed by atoms with Crippen LogP contribution in [0.15, 0.2) is 73.2 Å². The average Bonchev–Trinajstić information content (AvgIpc) is 3.09. The van der Waals surface area contributed by atoms with Crippen molar-refractivity contribution in [1.82, 2.24) is 9.55 Å². The number of nitrogens with one attached hydrogen (secondary N) is 1. The Labute approximate surface area is 135 Å². The molecule has 1 amide bonds. The van der Waals surface area contributed by atoms with Crippen molar-refractivity contribution in [3.05, 3.63) is 84.3 Å². The highest BCUT2D eigenvalue weighted by Gasteiger charge is 2.19. The van der Waals surface area contributed by atoms with Gasteiger partial charge in [0.2, 0.25) is 5.91 Å². The van der Waals surface area contributed by atoms with E-state index in [0.717, 1.165) is 5.56 Å². The Bertz CT molecular complexity index is 766. The van der Waals surface area contributed by atoms with Gasteiger partial charge in [-0.15, -0.1) is 0 Å². The van der Waals surface area contributed by atoms with Crippen LogP contribution in [0.3, 0.4) is 0 Å². The molecule has 1 atom stereocenters. The van der Waals surface area contributed by atoms with Crippen molar-refractivity contribution in [3.8, 4) is 0 Å². The quantitative estimate of drug-likeness (QED) is 0.779. The Hall–Kier alpha value is -2.88. The molecule has 0 saturated carbocycles. The van der Waals surface area contributed by atoms with Crippen LogP contribution in [0.2, 0.25) is 0 Å². The van der Waals surface area contributed by atoms with Gasteiger partial charge in [0.15, 0.2) is 0 Å². The number of aryl methyl sites for hydroxylation is 1. The van der Waals surface area contributed by atoms with E-state index in [4.69, 9.17) is 0 Å². The first-order valence-electron chi connectivity index (χ1n) is 7.63. The van der Waals surface area contributed by atoms with Crippen molar-refractivity contribution in [2.75, 3.05) is 5.32 Å². The molecule has 0 aliphatic heterocycles. The molecule has 0 spiro atoms. The number of carbonyl (C=O) groups is 1. The van der Waals surface area contributed by atoms with E-state index < -0.39 is 0 Å². The van der Waals surface area contributed by atoms with Gasteiger partial charge < -0.3 is 9.88 Å². The van der Waals surface area contributed by atoms with Gasteiger partial charge in [0.1, 0.15) is 5.82 Å². The number of aromatic nitrogens is 2. The third-order valence-electron chi connectivity index (χ3n) is 3.85. The lowest BCUT2D eigenvalue weighted by Gasteiger charge is -2.21. The van der Waals surface area contributed by atoms with Crippen LogP contribution in [-0.2, 0) is 4.79 Å². The second kappa shape index (κ2) is 6.92. The summed E-state index contributed by atoms with van der Waals surface area (Å²) < 4.78 is 2.07. The fourth-order valence-electron chi connectivity index (χ4n) is 2.70. The predicted octanol–water partition coefficient (Wildman–Crippen LogP) is 3.81. The van der Waals surface area contributed by atoms with Gasteiger partial charge in [0.05, 0.1) is 12.5 Å². The van der Waals surface area contributed by atoms with Crippen LogP contribution in [0, 0.1) is 6.92 Å². The number of benzene rings is 1. The van der Waals surface area contributed by atoms with E-state index in [0.29, 0.717) is 12.2 Å². The normalized spacial score (nSPS) is 11.9. The molecule has 0 fully saturated rings. The molecule has 2 heterocycles. The first-order chi connectivity index (χ1) is 11.2. The number of hydrogen-bond acceptors (Lipinski definition) is 2. The molecule has 0 saturated heterocycles. The molecule has 23 heavy (non-hydrogen) atoms. The number of nitrogens with zero attached hydrogens (tertiary/aromatic N) is 2. The summed E-state index contributed by atoms with van der Waals surface area (Å²) >= 11 is 0.